The molecule has 13 heavy (non-hydrogen) atoms. The summed E-state index contributed by atoms with van der Waals surface area (Å²) in [7, 11) is 0. The number of nitrogens with zero attached hydrogens (tertiary/aromatic N) is 7. The second-order valence-corrected chi connectivity index (χ2v) is 1.78. The first-order chi connectivity index (χ1) is 6.38. The standard InChI is InChI=1S/C5H6N8/c1-2-7-11-4(10-6)5-12-8-3-9-13-5/h2-3,6H,1H3/b7-2-,10-6?,11-4-. The number of rotatable bonds is 2. The molecule has 0 amide bonds. The maximum absolute atomic E-state index is 6.76. The number of hydrogen-bond donors (Lipinski definition) is 1. The molecule has 0 fully saturated rings. The maximum atomic E-state index is 6.76. The van der Waals surface area contributed by atoms with E-state index in [2.05, 4.69) is 35.7 Å². The van der Waals surface area contributed by atoms with Gasteiger partial charge in [0.1, 0.15) is 0 Å². The fraction of sp³-hybridized carbons (Fsp3) is 0.200. The summed E-state index contributed by atoms with van der Waals surface area (Å²) in [6.07, 6.45) is 2.63. The molecule has 0 atom stereocenters. The molecular formula is C5H6N8. The quantitative estimate of drug-likeness (QED) is 0.298. The summed E-state index contributed by atoms with van der Waals surface area (Å²) < 4.78 is 0. The molecule has 0 saturated heterocycles. The zero-order valence-electron chi connectivity index (χ0n) is 6.79. The van der Waals surface area contributed by atoms with Crippen LogP contribution in [0.3, 0.4) is 0 Å². The van der Waals surface area contributed by atoms with Crippen molar-refractivity contribution in [2.75, 3.05) is 0 Å². The van der Waals surface area contributed by atoms with E-state index in [4.69, 9.17) is 5.53 Å². The summed E-state index contributed by atoms with van der Waals surface area (Å²) in [6, 6.07) is 0. The molecule has 0 aliphatic heterocycles. The van der Waals surface area contributed by atoms with Gasteiger partial charge in [0.15, 0.2) is 6.33 Å². The average molecular weight is 178 g/mol. The van der Waals surface area contributed by atoms with Crippen molar-refractivity contribution in [1.29, 1.82) is 5.53 Å². The molecule has 1 heterocycles. The van der Waals surface area contributed by atoms with Crippen LogP contribution in [0.5, 0.6) is 0 Å². The first-order valence-corrected chi connectivity index (χ1v) is 3.32. The van der Waals surface area contributed by atoms with Crippen LogP contribution in [0.2, 0.25) is 0 Å². The van der Waals surface area contributed by atoms with Crippen molar-refractivity contribution >= 4 is 12.1 Å². The first-order valence-electron chi connectivity index (χ1n) is 3.32. The van der Waals surface area contributed by atoms with E-state index in [1.165, 1.54) is 12.5 Å². The molecule has 66 valence electrons. The van der Waals surface area contributed by atoms with Crippen molar-refractivity contribution in [1.82, 2.24) is 20.4 Å². The second kappa shape index (κ2) is 4.70. The molecule has 8 heteroatoms. The third-order valence-electron chi connectivity index (χ3n) is 0.982. The molecule has 0 radical (unpaired) electrons. The molecule has 0 unspecified atom stereocenters. The number of amidine groups is 1. The van der Waals surface area contributed by atoms with Crippen molar-refractivity contribution in [3.8, 4) is 0 Å². The fourth-order valence-electron chi connectivity index (χ4n) is 0.523. The average Bonchev–Trinajstić information content (AvgIpc) is 2.21. The summed E-state index contributed by atoms with van der Waals surface area (Å²) in [5, 5.41) is 24.2. The van der Waals surface area contributed by atoms with Gasteiger partial charge in [-0.2, -0.15) is 5.10 Å². The van der Waals surface area contributed by atoms with E-state index in [1.54, 1.807) is 6.92 Å². The Kier molecular flexibility index (Phi) is 3.24. The highest BCUT2D eigenvalue weighted by Crippen LogP contribution is 1.91. The largest absolute Gasteiger partial charge is 0.244 e. The Morgan fingerprint density at radius 3 is 2.69 bits per heavy atom. The van der Waals surface area contributed by atoms with E-state index in [0.29, 0.717) is 0 Å². The molecule has 8 nitrogen and oxygen atoms in total. The Bertz CT molecular complexity index is 328. The molecule has 1 rings (SSSR count). The lowest BCUT2D eigenvalue weighted by molar-refractivity contribution is 0.832. The van der Waals surface area contributed by atoms with Crippen LogP contribution in [0, 0.1) is 5.53 Å². The summed E-state index contributed by atoms with van der Waals surface area (Å²) in [5.74, 6) is 0.0433. The Morgan fingerprint density at radius 1 is 1.46 bits per heavy atom. The second-order valence-electron chi connectivity index (χ2n) is 1.78. The molecule has 0 aromatic carbocycles. The van der Waals surface area contributed by atoms with Crippen LogP contribution in [-0.4, -0.2) is 32.4 Å². The van der Waals surface area contributed by atoms with Gasteiger partial charge in [-0.25, -0.2) is 5.53 Å². The van der Waals surface area contributed by atoms with Crippen LogP contribution in [0.1, 0.15) is 12.7 Å². The van der Waals surface area contributed by atoms with Crippen LogP contribution in [0.4, 0.5) is 0 Å². The van der Waals surface area contributed by atoms with E-state index < -0.39 is 0 Å². The minimum atomic E-state index is -0.0290. The highest BCUT2D eigenvalue weighted by atomic mass is 15.3. The van der Waals surface area contributed by atoms with E-state index in [0.717, 1.165) is 0 Å². The summed E-state index contributed by atoms with van der Waals surface area (Å²) in [5.41, 5.74) is 6.76. The highest BCUT2D eigenvalue weighted by molar-refractivity contribution is 5.95. The van der Waals surface area contributed by atoms with Crippen molar-refractivity contribution in [3.05, 3.63) is 12.2 Å². The van der Waals surface area contributed by atoms with Crippen LogP contribution in [0.15, 0.2) is 21.6 Å². The highest BCUT2D eigenvalue weighted by Gasteiger charge is 2.05. The number of aromatic nitrogens is 4. The lowest BCUT2D eigenvalue weighted by atomic mass is 10.6. The topological polar surface area (TPSA) is 112 Å². The number of hydrogen-bond acceptors (Lipinski definition) is 7. The first kappa shape index (κ1) is 8.97. The molecular weight excluding hydrogens is 172 g/mol. The minimum Gasteiger partial charge on any atom is -0.203 e. The monoisotopic (exact) mass is 178 g/mol. The smallest absolute Gasteiger partial charge is 0.203 e. The third kappa shape index (κ3) is 2.43. The van der Waals surface area contributed by atoms with Crippen LogP contribution < -0.4 is 0 Å². The summed E-state index contributed by atoms with van der Waals surface area (Å²) in [4.78, 5) is 0. The third-order valence-corrected chi connectivity index (χ3v) is 0.982. The molecule has 0 aliphatic rings. The van der Waals surface area contributed by atoms with Crippen molar-refractivity contribution in [2.45, 2.75) is 6.92 Å². The normalized spacial score (nSPS) is 11.9. The zero-order chi connectivity index (χ0) is 9.52. The molecule has 0 spiro atoms. The Balaban J connectivity index is 2.98. The van der Waals surface area contributed by atoms with Gasteiger partial charge in [-0.05, 0) is 6.92 Å². The van der Waals surface area contributed by atoms with Gasteiger partial charge in [0.25, 0.3) is 0 Å². The predicted molar refractivity (Wildman–Crippen MR) is 43.5 cm³/mol. The van der Waals surface area contributed by atoms with Crippen molar-refractivity contribution in [2.24, 2.45) is 15.3 Å². The van der Waals surface area contributed by atoms with E-state index in [1.807, 2.05) is 0 Å². The lowest BCUT2D eigenvalue weighted by Gasteiger charge is -1.90. The van der Waals surface area contributed by atoms with E-state index in [9.17, 15) is 0 Å². The maximum Gasteiger partial charge on any atom is 0.244 e. The summed E-state index contributed by atoms with van der Waals surface area (Å²) in [6.45, 7) is 1.69. The van der Waals surface area contributed by atoms with Gasteiger partial charge in [0.05, 0.1) is 0 Å². The van der Waals surface area contributed by atoms with Crippen LogP contribution in [-0.2, 0) is 0 Å². The fourth-order valence-corrected chi connectivity index (χ4v) is 0.523. The van der Waals surface area contributed by atoms with E-state index >= 15 is 0 Å². The minimum absolute atomic E-state index is 0.0290. The molecule has 0 aliphatic carbocycles. The number of nitrogens with one attached hydrogen (secondary N) is 1. The Labute approximate surface area is 73.3 Å². The zero-order valence-corrected chi connectivity index (χ0v) is 6.79. The van der Waals surface area contributed by atoms with Gasteiger partial charge in [0.2, 0.25) is 11.7 Å². The van der Waals surface area contributed by atoms with Gasteiger partial charge >= 0.3 is 0 Å². The molecule has 0 bridgehead atoms. The Morgan fingerprint density at radius 2 is 2.15 bits per heavy atom. The van der Waals surface area contributed by atoms with Gasteiger partial charge < -0.3 is 0 Å². The van der Waals surface area contributed by atoms with Gasteiger partial charge in [0, 0.05) is 6.21 Å². The molecule has 1 aromatic heterocycles. The van der Waals surface area contributed by atoms with Crippen LogP contribution >= 0.6 is 0 Å². The van der Waals surface area contributed by atoms with Crippen molar-refractivity contribution in [3.63, 3.8) is 0 Å². The molecule has 1 N–H and O–H groups in total. The molecule has 0 saturated carbocycles. The van der Waals surface area contributed by atoms with E-state index in [-0.39, 0.29) is 11.7 Å². The predicted octanol–water partition coefficient (Wildman–Crippen LogP) is 0.0499. The van der Waals surface area contributed by atoms with Gasteiger partial charge in [-0.3, -0.25) is 0 Å². The van der Waals surface area contributed by atoms with Gasteiger partial charge in [-0.15, -0.1) is 30.6 Å². The Hall–Kier alpha value is -2.12. The van der Waals surface area contributed by atoms with Crippen LogP contribution in [0.25, 0.3) is 0 Å². The lowest BCUT2D eigenvalue weighted by Crippen LogP contribution is -2.05. The summed E-state index contributed by atoms with van der Waals surface area (Å²) >= 11 is 0. The van der Waals surface area contributed by atoms with Crippen molar-refractivity contribution < 1.29 is 0 Å². The van der Waals surface area contributed by atoms with Gasteiger partial charge in [-0.1, -0.05) is 0 Å². The SMILES string of the molecule is C/C=N\N=C(/N=N)c1nncnn1. The molecule has 1 aromatic rings.